The fraction of sp³-hybridized carbons (Fsp3) is 0.278. The van der Waals surface area contributed by atoms with Gasteiger partial charge < -0.3 is 23.6 Å². The van der Waals surface area contributed by atoms with E-state index in [0.29, 0.717) is 29.1 Å². The first kappa shape index (κ1) is 19.7. The number of benzene rings is 1. The number of amides is 1. The van der Waals surface area contributed by atoms with Gasteiger partial charge in [0.05, 0.1) is 14.2 Å². The first-order valence-electron chi connectivity index (χ1n) is 8.32. The highest BCUT2D eigenvalue weighted by Crippen LogP contribution is 2.30. The van der Waals surface area contributed by atoms with Crippen LogP contribution in [-0.4, -0.2) is 36.5 Å². The highest BCUT2D eigenvalue weighted by atomic mass is 79.9. The monoisotopic (exact) mass is 451 g/mol. The van der Waals surface area contributed by atoms with E-state index >= 15 is 0 Å². The maximum atomic E-state index is 12.1. The summed E-state index contributed by atoms with van der Waals surface area (Å²) in [6, 6.07) is 8.79. The Hall–Kier alpha value is -3.01. The van der Waals surface area contributed by atoms with Gasteiger partial charge in [-0.3, -0.25) is 4.79 Å². The van der Waals surface area contributed by atoms with Crippen molar-refractivity contribution in [1.82, 2.24) is 15.1 Å². The minimum atomic E-state index is -0.743. The van der Waals surface area contributed by atoms with E-state index in [1.807, 2.05) is 12.1 Å². The summed E-state index contributed by atoms with van der Waals surface area (Å²) in [5, 5.41) is 6.72. The Morgan fingerprint density at radius 1 is 1.21 bits per heavy atom. The molecule has 0 saturated carbocycles. The Kier molecular flexibility index (Phi) is 6.19. The third kappa shape index (κ3) is 4.45. The number of nitrogens with one attached hydrogen (secondary N) is 1. The van der Waals surface area contributed by atoms with Gasteiger partial charge in [0, 0.05) is 6.54 Å². The molecule has 28 heavy (non-hydrogen) atoms. The van der Waals surface area contributed by atoms with Crippen molar-refractivity contribution in [2.24, 2.45) is 0 Å². The van der Waals surface area contributed by atoms with E-state index in [0.717, 1.165) is 10.2 Å². The number of hydrogen-bond acceptors (Lipinski definition) is 7. The van der Waals surface area contributed by atoms with E-state index in [1.54, 1.807) is 32.4 Å². The largest absolute Gasteiger partial charge is 0.493 e. The standard InChI is InChI=1S/C18H18BrN3O6/c1-25-12-5-3-4-11(16(12)26-2)8-9-20-15(23)10-22-18(24)28-17(21-22)13-6-7-14(19)27-13/h3-7H,8-10H2,1-2H3,(H,20,23). The Morgan fingerprint density at radius 3 is 2.71 bits per heavy atom. The predicted octanol–water partition coefficient (Wildman–Crippen LogP) is 2.23. The Balaban J connectivity index is 1.58. The van der Waals surface area contributed by atoms with Crippen LogP contribution >= 0.6 is 15.9 Å². The molecule has 0 aliphatic carbocycles. The SMILES string of the molecule is COc1cccc(CCNC(=O)Cn2nc(-c3ccc(Br)o3)oc2=O)c1OC. The lowest BCUT2D eigenvalue weighted by molar-refractivity contribution is -0.121. The van der Waals surface area contributed by atoms with Gasteiger partial charge in [-0.15, -0.1) is 5.10 Å². The van der Waals surface area contributed by atoms with Crippen molar-refractivity contribution in [3.8, 4) is 23.1 Å². The van der Waals surface area contributed by atoms with Gasteiger partial charge in [0.15, 0.2) is 21.9 Å². The highest BCUT2D eigenvalue weighted by Gasteiger charge is 2.16. The minimum absolute atomic E-state index is 0.00427. The van der Waals surface area contributed by atoms with Crippen LogP contribution in [0.25, 0.3) is 11.7 Å². The Morgan fingerprint density at radius 2 is 2.04 bits per heavy atom. The number of para-hydroxylation sites is 1. The molecular weight excluding hydrogens is 434 g/mol. The zero-order valence-electron chi connectivity index (χ0n) is 15.2. The summed E-state index contributed by atoms with van der Waals surface area (Å²) in [5.74, 6) is 0.424. The second kappa shape index (κ2) is 8.79. The molecule has 0 saturated heterocycles. The average molecular weight is 452 g/mol. The van der Waals surface area contributed by atoms with Crippen molar-refractivity contribution < 1.29 is 23.1 Å². The van der Waals surface area contributed by atoms with Gasteiger partial charge in [-0.25, -0.2) is 4.79 Å². The topological polar surface area (TPSA) is 109 Å². The minimum Gasteiger partial charge on any atom is -0.493 e. The first-order valence-corrected chi connectivity index (χ1v) is 9.11. The lowest BCUT2D eigenvalue weighted by atomic mass is 10.1. The number of ether oxygens (including phenoxy) is 2. The van der Waals surface area contributed by atoms with E-state index in [2.05, 4.69) is 26.3 Å². The van der Waals surface area contributed by atoms with Crippen LogP contribution in [0.3, 0.4) is 0 Å². The molecule has 10 heteroatoms. The Bertz CT molecular complexity index is 1020. The Labute approximate surface area is 168 Å². The van der Waals surface area contributed by atoms with Crippen LogP contribution in [0, 0.1) is 0 Å². The van der Waals surface area contributed by atoms with Crippen molar-refractivity contribution in [1.29, 1.82) is 0 Å². The van der Waals surface area contributed by atoms with E-state index in [1.165, 1.54) is 0 Å². The summed E-state index contributed by atoms with van der Waals surface area (Å²) in [6.07, 6.45) is 0.533. The summed E-state index contributed by atoms with van der Waals surface area (Å²) in [7, 11) is 3.13. The number of nitrogens with zero attached hydrogens (tertiary/aromatic N) is 2. The van der Waals surface area contributed by atoms with Gasteiger partial charge in [0.2, 0.25) is 5.91 Å². The molecule has 0 fully saturated rings. The van der Waals surface area contributed by atoms with E-state index in [9.17, 15) is 9.59 Å². The number of methoxy groups -OCH3 is 2. The van der Waals surface area contributed by atoms with Gasteiger partial charge in [0.1, 0.15) is 6.54 Å². The van der Waals surface area contributed by atoms with Gasteiger partial charge >= 0.3 is 5.76 Å². The maximum absolute atomic E-state index is 12.1. The molecule has 0 radical (unpaired) electrons. The number of aromatic nitrogens is 2. The fourth-order valence-corrected chi connectivity index (χ4v) is 2.92. The lowest BCUT2D eigenvalue weighted by Gasteiger charge is -2.12. The normalized spacial score (nSPS) is 10.7. The zero-order valence-corrected chi connectivity index (χ0v) is 16.8. The molecule has 1 aromatic carbocycles. The molecular formula is C18H18BrN3O6. The highest BCUT2D eigenvalue weighted by molar-refractivity contribution is 9.10. The molecule has 148 valence electrons. The number of hydrogen-bond donors (Lipinski definition) is 1. The lowest BCUT2D eigenvalue weighted by Crippen LogP contribution is -2.32. The first-order chi connectivity index (χ1) is 13.5. The zero-order chi connectivity index (χ0) is 20.1. The van der Waals surface area contributed by atoms with Gasteiger partial charge in [-0.05, 0) is 46.1 Å². The van der Waals surface area contributed by atoms with Crippen molar-refractivity contribution in [3.63, 3.8) is 0 Å². The summed E-state index contributed by atoms with van der Waals surface area (Å²) in [6.45, 7) is 0.0897. The molecule has 0 bridgehead atoms. The van der Waals surface area contributed by atoms with Crippen molar-refractivity contribution >= 4 is 21.8 Å². The molecule has 2 aromatic heterocycles. The van der Waals surface area contributed by atoms with Gasteiger partial charge in [0.25, 0.3) is 5.89 Å². The van der Waals surface area contributed by atoms with Crippen molar-refractivity contribution in [2.45, 2.75) is 13.0 Å². The maximum Gasteiger partial charge on any atom is 0.437 e. The van der Waals surface area contributed by atoms with Crippen LogP contribution in [0.5, 0.6) is 11.5 Å². The molecule has 3 aromatic rings. The quantitative estimate of drug-likeness (QED) is 0.559. The number of halogens is 1. The van der Waals surface area contributed by atoms with Crippen LogP contribution in [0.15, 0.2) is 48.6 Å². The molecule has 0 aliphatic heterocycles. The summed E-state index contributed by atoms with van der Waals surface area (Å²) < 4.78 is 22.3. The van der Waals surface area contributed by atoms with Gasteiger partial charge in [-0.2, -0.15) is 4.68 Å². The molecule has 1 N–H and O–H groups in total. The molecule has 0 aliphatic rings. The van der Waals surface area contributed by atoms with Crippen LogP contribution < -0.4 is 20.5 Å². The molecule has 0 unspecified atom stereocenters. The number of furan rings is 1. The molecule has 1 amide bonds. The number of carbonyl (C=O) groups excluding carboxylic acids is 1. The molecule has 0 spiro atoms. The average Bonchev–Trinajstić information content (AvgIpc) is 3.27. The van der Waals surface area contributed by atoms with Gasteiger partial charge in [-0.1, -0.05) is 12.1 Å². The summed E-state index contributed by atoms with van der Waals surface area (Å²) in [5.41, 5.74) is 0.895. The predicted molar refractivity (Wildman–Crippen MR) is 102 cm³/mol. The van der Waals surface area contributed by atoms with Crippen molar-refractivity contribution in [3.05, 3.63) is 51.1 Å². The smallest absolute Gasteiger partial charge is 0.437 e. The summed E-state index contributed by atoms with van der Waals surface area (Å²) >= 11 is 3.16. The number of rotatable bonds is 8. The summed E-state index contributed by atoms with van der Waals surface area (Å²) in [4.78, 5) is 24.0. The molecule has 0 atom stereocenters. The second-order valence-corrected chi connectivity index (χ2v) is 6.47. The van der Waals surface area contributed by atoms with Crippen LogP contribution in [0.1, 0.15) is 5.56 Å². The van der Waals surface area contributed by atoms with Crippen LogP contribution in [0.2, 0.25) is 0 Å². The van der Waals surface area contributed by atoms with Crippen LogP contribution in [0.4, 0.5) is 0 Å². The molecule has 3 rings (SSSR count). The second-order valence-electron chi connectivity index (χ2n) is 5.69. The fourth-order valence-electron chi connectivity index (χ4n) is 2.61. The van der Waals surface area contributed by atoms with E-state index in [-0.39, 0.29) is 24.1 Å². The third-order valence-electron chi connectivity index (χ3n) is 3.88. The van der Waals surface area contributed by atoms with Crippen LogP contribution in [-0.2, 0) is 17.8 Å². The van der Waals surface area contributed by atoms with E-state index in [4.69, 9.17) is 18.3 Å². The number of carbonyl (C=O) groups is 1. The van der Waals surface area contributed by atoms with Crippen molar-refractivity contribution in [2.75, 3.05) is 20.8 Å². The molecule has 2 heterocycles. The third-order valence-corrected chi connectivity index (χ3v) is 4.31. The molecule has 9 nitrogen and oxygen atoms in total. The van der Waals surface area contributed by atoms with E-state index < -0.39 is 5.76 Å².